The summed E-state index contributed by atoms with van der Waals surface area (Å²) in [6, 6.07) is -0.770. The van der Waals surface area contributed by atoms with Gasteiger partial charge in [-0.2, -0.15) is 0 Å². The van der Waals surface area contributed by atoms with Crippen molar-refractivity contribution in [2.75, 3.05) is 25.4 Å². The van der Waals surface area contributed by atoms with Gasteiger partial charge in [-0.1, -0.05) is 18.7 Å². The number of aliphatic carboxylic acids is 1. The second kappa shape index (κ2) is 14.5. The SMILES string of the molecule is CCCNC(CCC(=O)NCC[C@H](O)C(=O)SCCNC(C)=O)C(=O)O. The highest BCUT2D eigenvalue weighted by Crippen LogP contribution is 2.07. The third-order valence-corrected chi connectivity index (χ3v) is 4.30. The molecule has 0 aromatic heterocycles. The zero-order valence-electron chi connectivity index (χ0n) is 15.2. The van der Waals surface area contributed by atoms with Crippen molar-refractivity contribution in [2.45, 2.75) is 51.7 Å². The van der Waals surface area contributed by atoms with E-state index in [9.17, 15) is 24.3 Å². The van der Waals surface area contributed by atoms with Crippen molar-refractivity contribution in [3.8, 4) is 0 Å². The summed E-state index contributed by atoms with van der Waals surface area (Å²) >= 11 is 0.920. The molecule has 0 aromatic rings. The van der Waals surface area contributed by atoms with Gasteiger partial charge >= 0.3 is 5.97 Å². The molecule has 10 heteroatoms. The monoisotopic (exact) mass is 391 g/mol. The Morgan fingerprint density at radius 2 is 1.73 bits per heavy atom. The number of aliphatic hydroxyl groups is 1. The average Bonchev–Trinajstić information content (AvgIpc) is 2.57. The second-order valence-electron chi connectivity index (χ2n) is 5.69. The van der Waals surface area contributed by atoms with Crippen LogP contribution >= 0.6 is 11.8 Å². The fourth-order valence-corrected chi connectivity index (χ4v) is 2.65. The van der Waals surface area contributed by atoms with Crippen LogP contribution in [0.25, 0.3) is 0 Å². The number of hydrogen-bond donors (Lipinski definition) is 5. The molecule has 150 valence electrons. The van der Waals surface area contributed by atoms with Crippen molar-refractivity contribution in [1.29, 1.82) is 0 Å². The van der Waals surface area contributed by atoms with Gasteiger partial charge in [-0.05, 0) is 25.8 Å². The Bertz CT molecular complexity index is 475. The smallest absolute Gasteiger partial charge is 0.320 e. The molecule has 0 spiro atoms. The van der Waals surface area contributed by atoms with E-state index in [1.165, 1.54) is 6.92 Å². The number of carbonyl (C=O) groups is 4. The number of carboxylic acids is 1. The van der Waals surface area contributed by atoms with Crippen LogP contribution in [0.3, 0.4) is 0 Å². The van der Waals surface area contributed by atoms with Crippen molar-refractivity contribution in [3.05, 3.63) is 0 Å². The largest absolute Gasteiger partial charge is 0.480 e. The van der Waals surface area contributed by atoms with E-state index in [2.05, 4.69) is 16.0 Å². The Hall–Kier alpha value is -1.65. The van der Waals surface area contributed by atoms with E-state index in [4.69, 9.17) is 5.11 Å². The van der Waals surface area contributed by atoms with Crippen molar-refractivity contribution in [1.82, 2.24) is 16.0 Å². The first-order valence-corrected chi connectivity index (χ1v) is 9.58. The quantitative estimate of drug-likeness (QED) is 0.249. The number of hydrogen-bond acceptors (Lipinski definition) is 7. The molecule has 0 aliphatic carbocycles. The van der Waals surface area contributed by atoms with Gasteiger partial charge in [0.1, 0.15) is 12.1 Å². The van der Waals surface area contributed by atoms with Gasteiger partial charge in [-0.3, -0.25) is 19.2 Å². The zero-order chi connectivity index (χ0) is 19.9. The summed E-state index contributed by atoms with van der Waals surface area (Å²) in [6.45, 7) is 4.32. The molecular weight excluding hydrogens is 362 g/mol. The Labute approximate surface area is 157 Å². The van der Waals surface area contributed by atoms with Gasteiger partial charge in [0.25, 0.3) is 0 Å². The summed E-state index contributed by atoms with van der Waals surface area (Å²) in [7, 11) is 0. The van der Waals surface area contributed by atoms with Crippen LogP contribution in [0.1, 0.15) is 39.5 Å². The predicted octanol–water partition coefficient (Wildman–Crippen LogP) is -0.517. The lowest BCUT2D eigenvalue weighted by atomic mass is 10.1. The molecule has 0 saturated carbocycles. The van der Waals surface area contributed by atoms with Crippen LogP contribution in [-0.4, -0.2) is 70.6 Å². The third kappa shape index (κ3) is 12.7. The Kier molecular flexibility index (Phi) is 13.6. The molecule has 0 aromatic carbocycles. The molecule has 26 heavy (non-hydrogen) atoms. The Balaban J connectivity index is 3.92. The van der Waals surface area contributed by atoms with E-state index in [0.717, 1.165) is 18.2 Å². The zero-order valence-corrected chi connectivity index (χ0v) is 16.1. The maximum atomic E-state index is 11.7. The van der Waals surface area contributed by atoms with Crippen molar-refractivity contribution >= 4 is 34.7 Å². The molecule has 0 heterocycles. The first-order valence-electron chi connectivity index (χ1n) is 8.59. The van der Waals surface area contributed by atoms with Crippen LogP contribution in [0, 0.1) is 0 Å². The molecule has 0 aliphatic rings. The molecule has 1 unspecified atom stereocenters. The van der Waals surface area contributed by atoms with Crippen molar-refractivity contribution in [2.24, 2.45) is 0 Å². The van der Waals surface area contributed by atoms with Crippen LogP contribution in [-0.2, 0) is 19.2 Å². The number of carbonyl (C=O) groups excluding carboxylic acids is 3. The Morgan fingerprint density at radius 3 is 2.31 bits per heavy atom. The summed E-state index contributed by atoms with van der Waals surface area (Å²) in [5, 5.41) is 26.3. The fourth-order valence-electron chi connectivity index (χ4n) is 1.94. The number of nitrogens with one attached hydrogen (secondary N) is 3. The standard InChI is InChI=1S/C16H29N3O6S/c1-3-7-18-12(15(23)24)4-5-14(22)19-8-6-13(21)16(25)26-10-9-17-11(2)20/h12-13,18,21H,3-10H2,1-2H3,(H,17,20)(H,19,22)(H,23,24)/t12?,13-/m0/s1. The van der Waals surface area contributed by atoms with E-state index in [1.54, 1.807) is 0 Å². The van der Waals surface area contributed by atoms with Gasteiger partial charge in [-0.25, -0.2) is 0 Å². The minimum absolute atomic E-state index is 0.0448. The van der Waals surface area contributed by atoms with Gasteiger partial charge in [0, 0.05) is 32.2 Å². The first-order chi connectivity index (χ1) is 12.3. The number of carboxylic acid groups (broad SMARTS) is 1. The molecule has 0 radical (unpaired) electrons. The lowest BCUT2D eigenvalue weighted by Gasteiger charge is -2.14. The fraction of sp³-hybridized carbons (Fsp3) is 0.750. The van der Waals surface area contributed by atoms with Gasteiger partial charge in [0.2, 0.25) is 16.9 Å². The van der Waals surface area contributed by atoms with Gasteiger partial charge in [0.05, 0.1) is 0 Å². The van der Waals surface area contributed by atoms with Gasteiger partial charge in [-0.15, -0.1) is 0 Å². The highest BCUT2D eigenvalue weighted by atomic mass is 32.2. The van der Waals surface area contributed by atoms with Crippen LogP contribution in [0.5, 0.6) is 0 Å². The van der Waals surface area contributed by atoms with Crippen molar-refractivity contribution < 1.29 is 29.4 Å². The van der Waals surface area contributed by atoms with E-state index < -0.39 is 23.2 Å². The van der Waals surface area contributed by atoms with E-state index in [1.807, 2.05) is 6.92 Å². The summed E-state index contributed by atoms with van der Waals surface area (Å²) < 4.78 is 0. The second-order valence-corrected chi connectivity index (χ2v) is 6.79. The summed E-state index contributed by atoms with van der Waals surface area (Å²) in [5.41, 5.74) is 0. The predicted molar refractivity (Wildman–Crippen MR) is 98.7 cm³/mol. The molecule has 0 bridgehead atoms. The van der Waals surface area contributed by atoms with Crippen LogP contribution in [0.15, 0.2) is 0 Å². The van der Waals surface area contributed by atoms with Gasteiger partial charge < -0.3 is 26.2 Å². The van der Waals surface area contributed by atoms with E-state index in [0.29, 0.717) is 18.8 Å². The molecule has 0 rings (SSSR count). The van der Waals surface area contributed by atoms with Crippen molar-refractivity contribution in [3.63, 3.8) is 0 Å². The maximum absolute atomic E-state index is 11.7. The van der Waals surface area contributed by atoms with Crippen LogP contribution in [0.2, 0.25) is 0 Å². The molecule has 9 nitrogen and oxygen atoms in total. The average molecular weight is 391 g/mol. The molecule has 0 fully saturated rings. The summed E-state index contributed by atoms with van der Waals surface area (Å²) in [6.07, 6.45) is -0.111. The molecule has 0 aliphatic heterocycles. The highest BCUT2D eigenvalue weighted by molar-refractivity contribution is 8.13. The maximum Gasteiger partial charge on any atom is 0.320 e. The molecule has 2 amide bonds. The number of amides is 2. The third-order valence-electron chi connectivity index (χ3n) is 3.33. The number of thioether (sulfide) groups is 1. The minimum atomic E-state index is -1.20. The van der Waals surface area contributed by atoms with Gasteiger partial charge in [0.15, 0.2) is 0 Å². The lowest BCUT2D eigenvalue weighted by Crippen LogP contribution is -2.38. The number of aliphatic hydroxyl groups excluding tert-OH is 1. The normalized spacial score (nSPS) is 12.9. The minimum Gasteiger partial charge on any atom is -0.480 e. The Morgan fingerprint density at radius 1 is 1.04 bits per heavy atom. The van der Waals surface area contributed by atoms with E-state index in [-0.39, 0.29) is 37.6 Å². The lowest BCUT2D eigenvalue weighted by molar-refractivity contribution is -0.139. The highest BCUT2D eigenvalue weighted by Gasteiger charge is 2.18. The molecule has 5 N–H and O–H groups in total. The van der Waals surface area contributed by atoms with Crippen LogP contribution < -0.4 is 16.0 Å². The van der Waals surface area contributed by atoms with Crippen LogP contribution in [0.4, 0.5) is 0 Å². The number of rotatable bonds is 14. The first kappa shape index (κ1) is 24.4. The van der Waals surface area contributed by atoms with E-state index >= 15 is 0 Å². The summed E-state index contributed by atoms with van der Waals surface area (Å²) in [5.74, 6) is -1.14. The molecular formula is C16H29N3O6S. The summed E-state index contributed by atoms with van der Waals surface area (Å²) in [4.78, 5) is 45.1. The molecule has 0 saturated heterocycles. The molecule has 2 atom stereocenters. The topological polar surface area (TPSA) is 145 Å².